The van der Waals surface area contributed by atoms with Crippen LogP contribution in [0.5, 0.6) is 5.75 Å². The number of aryl methyl sites for hydroxylation is 1. The largest absolute Gasteiger partial charge is 0.495 e. The number of ether oxygens (including phenoxy) is 1. The second-order valence-corrected chi connectivity index (χ2v) is 7.98. The van der Waals surface area contributed by atoms with Gasteiger partial charge in [-0.1, -0.05) is 29.8 Å². The third-order valence-electron chi connectivity index (χ3n) is 5.74. The van der Waals surface area contributed by atoms with E-state index in [9.17, 15) is 9.59 Å². The Bertz CT molecular complexity index is 892. The maximum Gasteiger partial charge on any atom is 0.243 e. The van der Waals surface area contributed by atoms with Gasteiger partial charge >= 0.3 is 0 Å². The molecule has 1 N–H and O–H groups in total. The van der Waals surface area contributed by atoms with Crippen molar-refractivity contribution in [1.29, 1.82) is 0 Å². The number of piperazine rings is 1. The van der Waals surface area contributed by atoms with Crippen LogP contribution in [-0.4, -0.2) is 74.5 Å². The molecule has 7 nitrogen and oxygen atoms in total. The van der Waals surface area contributed by atoms with Crippen molar-refractivity contribution >= 4 is 23.2 Å². The van der Waals surface area contributed by atoms with E-state index in [4.69, 9.17) is 4.74 Å². The van der Waals surface area contributed by atoms with E-state index < -0.39 is 0 Å². The first kappa shape index (κ1) is 22.6. The lowest BCUT2D eigenvalue weighted by Gasteiger charge is -2.39. The van der Waals surface area contributed by atoms with Crippen molar-refractivity contribution in [3.8, 4) is 5.75 Å². The minimum absolute atomic E-state index is 0.0260. The van der Waals surface area contributed by atoms with Crippen LogP contribution in [0.3, 0.4) is 0 Å². The minimum Gasteiger partial charge on any atom is -0.495 e. The number of benzene rings is 2. The molecule has 0 aromatic heterocycles. The summed E-state index contributed by atoms with van der Waals surface area (Å²) in [6.07, 6.45) is 0. The average Bonchev–Trinajstić information content (AvgIpc) is 2.79. The van der Waals surface area contributed by atoms with E-state index in [2.05, 4.69) is 21.2 Å². The first-order chi connectivity index (χ1) is 14.9. The van der Waals surface area contributed by atoms with Crippen molar-refractivity contribution in [1.82, 2.24) is 9.80 Å². The predicted molar refractivity (Wildman–Crippen MR) is 124 cm³/mol. The van der Waals surface area contributed by atoms with E-state index in [1.807, 2.05) is 56.3 Å². The van der Waals surface area contributed by atoms with E-state index in [0.29, 0.717) is 0 Å². The van der Waals surface area contributed by atoms with E-state index in [1.165, 1.54) is 4.90 Å². The van der Waals surface area contributed by atoms with Crippen molar-refractivity contribution in [3.63, 3.8) is 0 Å². The number of carbonyl (C=O) groups is 2. The lowest BCUT2D eigenvalue weighted by atomic mass is 10.1. The highest BCUT2D eigenvalue weighted by Crippen LogP contribution is 2.28. The smallest absolute Gasteiger partial charge is 0.243 e. The molecule has 0 saturated carbocycles. The molecule has 0 aliphatic carbocycles. The first-order valence-corrected chi connectivity index (χ1v) is 10.6. The maximum atomic E-state index is 12.9. The Morgan fingerprint density at radius 3 is 2.35 bits per heavy atom. The van der Waals surface area contributed by atoms with E-state index in [1.54, 1.807) is 14.2 Å². The summed E-state index contributed by atoms with van der Waals surface area (Å²) in [7, 11) is 3.36. The molecule has 31 heavy (non-hydrogen) atoms. The van der Waals surface area contributed by atoms with E-state index in [-0.39, 0.29) is 24.4 Å². The summed E-state index contributed by atoms with van der Waals surface area (Å²) >= 11 is 0. The molecule has 166 valence electrons. The number of hydrogen-bond acceptors (Lipinski definition) is 5. The Morgan fingerprint density at radius 1 is 1.06 bits per heavy atom. The molecule has 1 heterocycles. The van der Waals surface area contributed by atoms with E-state index >= 15 is 0 Å². The van der Waals surface area contributed by atoms with Gasteiger partial charge in [0, 0.05) is 38.9 Å². The molecule has 0 bridgehead atoms. The lowest BCUT2D eigenvalue weighted by molar-refractivity contribution is -0.137. The van der Waals surface area contributed by atoms with Crippen LogP contribution < -0.4 is 15.0 Å². The van der Waals surface area contributed by atoms with Crippen LogP contribution in [0.1, 0.15) is 12.5 Å². The third kappa shape index (κ3) is 5.76. The molecule has 1 atom stereocenters. The van der Waals surface area contributed by atoms with Gasteiger partial charge in [-0.05, 0) is 38.1 Å². The number of carbonyl (C=O) groups excluding carboxylic acids is 2. The molecule has 2 aromatic carbocycles. The number of hydrogen-bond donors (Lipinski definition) is 1. The lowest BCUT2D eigenvalue weighted by Crippen LogP contribution is -2.54. The summed E-state index contributed by atoms with van der Waals surface area (Å²) in [5, 5.41) is 2.84. The van der Waals surface area contributed by atoms with Crippen LogP contribution in [0.2, 0.25) is 0 Å². The van der Waals surface area contributed by atoms with Gasteiger partial charge in [0.15, 0.2) is 0 Å². The van der Waals surface area contributed by atoms with Gasteiger partial charge in [0.25, 0.3) is 0 Å². The van der Waals surface area contributed by atoms with Crippen LogP contribution in [0.25, 0.3) is 0 Å². The highest BCUT2D eigenvalue weighted by atomic mass is 16.5. The molecular weight excluding hydrogens is 392 g/mol. The zero-order valence-corrected chi connectivity index (χ0v) is 18.8. The van der Waals surface area contributed by atoms with Gasteiger partial charge in [-0.2, -0.15) is 0 Å². The molecule has 1 aliphatic rings. The zero-order valence-electron chi connectivity index (χ0n) is 18.8. The second-order valence-electron chi connectivity index (χ2n) is 7.98. The molecule has 2 aromatic rings. The van der Waals surface area contributed by atoms with Gasteiger partial charge in [-0.15, -0.1) is 0 Å². The second kappa shape index (κ2) is 10.3. The Balaban J connectivity index is 1.50. The van der Waals surface area contributed by atoms with Crippen molar-refractivity contribution in [2.75, 3.05) is 57.1 Å². The fourth-order valence-corrected chi connectivity index (χ4v) is 3.85. The van der Waals surface area contributed by atoms with Crippen molar-refractivity contribution < 1.29 is 14.3 Å². The quantitative estimate of drug-likeness (QED) is 0.740. The Kier molecular flexibility index (Phi) is 7.52. The number of rotatable bonds is 7. The van der Waals surface area contributed by atoms with Gasteiger partial charge < -0.3 is 19.9 Å². The average molecular weight is 425 g/mol. The van der Waals surface area contributed by atoms with E-state index in [0.717, 1.165) is 48.9 Å². The normalized spacial score (nSPS) is 15.3. The number of likely N-dealkylation sites (N-methyl/N-ethyl adjacent to an activating group) is 1. The van der Waals surface area contributed by atoms with Crippen LogP contribution in [0, 0.1) is 6.92 Å². The number of nitrogens with zero attached hydrogens (tertiary/aromatic N) is 3. The number of amides is 2. The summed E-state index contributed by atoms with van der Waals surface area (Å²) in [5.41, 5.74) is 2.94. The number of anilines is 2. The molecule has 2 amide bonds. The van der Waals surface area contributed by atoms with Crippen LogP contribution in [0.4, 0.5) is 11.4 Å². The van der Waals surface area contributed by atoms with Gasteiger partial charge in [0.1, 0.15) is 5.75 Å². The molecule has 1 fully saturated rings. The van der Waals surface area contributed by atoms with Crippen LogP contribution in [-0.2, 0) is 9.59 Å². The molecule has 7 heteroatoms. The molecule has 0 radical (unpaired) electrons. The third-order valence-corrected chi connectivity index (χ3v) is 5.74. The summed E-state index contributed by atoms with van der Waals surface area (Å²) in [5.74, 6) is 0.608. The predicted octanol–water partition coefficient (Wildman–Crippen LogP) is 2.61. The van der Waals surface area contributed by atoms with Crippen molar-refractivity contribution in [2.24, 2.45) is 0 Å². The fraction of sp³-hybridized carbons (Fsp3) is 0.417. The van der Waals surface area contributed by atoms with Crippen molar-refractivity contribution in [2.45, 2.75) is 19.9 Å². The highest BCUT2D eigenvalue weighted by molar-refractivity contribution is 5.95. The fourth-order valence-electron chi connectivity index (χ4n) is 3.85. The molecule has 1 aliphatic heterocycles. The molecule has 0 spiro atoms. The SMILES string of the molecule is COc1ccccc1N1CCN([C@@H](C)C(=O)N(C)CC(=O)Nc2ccc(C)cc2)CC1. The molecule has 1 saturated heterocycles. The molecular formula is C24H32N4O3. The summed E-state index contributed by atoms with van der Waals surface area (Å²) < 4.78 is 5.47. The highest BCUT2D eigenvalue weighted by Gasteiger charge is 2.28. The summed E-state index contributed by atoms with van der Waals surface area (Å²) in [4.78, 5) is 31.2. The minimum atomic E-state index is -0.281. The van der Waals surface area contributed by atoms with Crippen molar-refractivity contribution in [3.05, 3.63) is 54.1 Å². The molecule has 3 rings (SSSR count). The number of nitrogens with one attached hydrogen (secondary N) is 1. The Hall–Kier alpha value is -3.06. The maximum absolute atomic E-state index is 12.9. The Labute approximate surface area is 184 Å². The first-order valence-electron chi connectivity index (χ1n) is 10.6. The summed E-state index contributed by atoms with van der Waals surface area (Å²) in [6.45, 7) is 7.11. The monoisotopic (exact) mass is 424 g/mol. The molecule has 0 unspecified atom stereocenters. The zero-order chi connectivity index (χ0) is 22.4. The Morgan fingerprint density at radius 2 is 1.71 bits per heavy atom. The standard InChI is InChI=1S/C24H32N4O3/c1-18-9-11-20(12-10-18)25-23(29)17-26(3)24(30)19(2)27-13-15-28(16-14-27)21-7-5-6-8-22(21)31-4/h5-12,19H,13-17H2,1-4H3,(H,25,29)/t19-/m0/s1. The number of methoxy groups -OCH3 is 1. The van der Waals surface area contributed by atoms with Gasteiger partial charge in [-0.25, -0.2) is 0 Å². The van der Waals surface area contributed by atoms with Gasteiger partial charge in [0.2, 0.25) is 11.8 Å². The van der Waals surface area contributed by atoms with Crippen LogP contribution >= 0.6 is 0 Å². The van der Waals surface area contributed by atoms with Gasteiger partial charge in [-0.3, -0.25) is 14.5 Å². The topological polar surface area (TPSA) is 65.1 Å². The summed E-state index contributed by atoms with van der Waals surface area (Å²) in [6, 6.07) is 15.3. The van der Waals surface area contributed by atoms with Crippen LogP contribution in [0.15, 0.2) is 48.5 Å². The number of para-hydroxylation sites is 2. The van der Waals surface area contributed by atoms with Gasteiger partial charge in [0.05, 0.1) is 25.4 Å².